The second-order valence-corrected chi connectivity index (χ2v) is 13.1. The lowest BCUT2D eigenvalue weighted by Crippen LogP contribution is -2.15. The van der Waals surface area contributed by atoms with Crippen molar-refractivity contribution in [2.75, 3.05) is 33.8 Å². The summed E-state index contributed by atoms with van der Waals surface area (Å²) in [6, 6.07) is 11.2. The van der Waals surface area contributed by atoms with Crippen LogP contribution in [-0.4, -0.2) is 74.8 Å². The molecule has 14 nitrogen and oxygen atoms in total. The van der Waals surface area contributed by atoms with Crippen LogP contribution in [0.4, 0.5) is 14.5 Å². The second-order valence-electron chi connectivity index (χ2n) is 10.7. The Labute approximate surface area is 349 Å². The number of pyridine rings is 3. The lowest BCUT2D eigenvalue weighted by atomic mass is 10.2. The van der Waals surface area contributed by atoms with Crippen molar-refractivity contribution in [2.45, 2.75) is 7.43 Å². The first-order valence-corrected chi connectivity index (χ1v) is 17.6. The SMILES string of the molecule is C.COC(=O)c1cc(-c2cnc(OC)cc2Cl)n(C)n1.COc1cc(Cl)c(-c2cc(C(=O)Nc3c(F)cccc3F)nn2C)cn1.COc1cc(Cl)c(I)cn1. The fourth-order valence-electron chi connectivity index (χ4n) is 4.48. The molecule has 0 saturated heterocycles. The van der Waals surface area contributed by atoms with Crippen molar-refractivity contribution < 1.29 is 37.3 Å². The van der Waals surface area contributed by atoms with Crippen LogP contribution < -0.4 is 19.5 Å². The molecule has 0 aliphatic rings. The van der Waals surface area contributed by atoms with Gasteiger partial charge in [-0.05, 0) is 46.9 Å². The highest BCUT2D eigenvalue weighted by Gasteiger charge is 2.20. The number of carbonyl (C=O) groups is 2. The van der Waals surface area contributed by atoms with Gasteiger partial charge in [-0.1, -0.05) is 48.3 Å². The van der Waals surface area contributed by atoms with Crippen LogP contribution in [0.2, 0.25) is 15.1 Å². The summed E-state index contributed by atoms with van der Waals surface area (Å²) in [7, 11) is 9.16. The van der Waals surface area contributed by atoms with Crippen molar-refractivity contribution in [3.8, 4) is 40.2 Å². The fourth-order valence-corrected chi connectivity index (χ4v) is 5.40. The van der Waals surface area contributed by atoms with Crippen LogP contribution in [0.5, 0.6) is 17.6 Å². The van der Waals surface area contributed by atoms with E-state index in [-0.39, 0.29) is 18.8 Å². The molecule has 1 aromatic carbocycles. The van der Waals surface area contributed by atoms with Gasteiger partial charge in [0.1, 0.15) is 17.3 Å². The Morgan fingerprint density at radius 1 is 0.696 bits per heavy atom. The Morgan fingerprint density at radius 2 is 1.12 bits per heavy atom. The summed E-state index contributed by atoms with van der Waals surface area (Å²) in [5.74, 6) is -1.70. The number of hydrogen-bond acceptors (Lipinski definition) is 11. The average molecular weight is 946 g/mol. The van der Waals surface area contributed by atoms with Crippen molar-refractivity contribution in [1.82, 2.24) is 34.5 Å². The minimum atomic E-state index is -0.878. The smallest absolute Gasteiger partial charge is 0.358 e. The summed E-state index contributed by atoms with van der Waals surface area (Å²) in [5, 5.41) is 11.8. The van der Waals surface area contributed by atoms with E-state index in [4.69, 9.17) is 49.0 Å². The monoisotopic (exact) mass is 944 g/mol. The number of rotatable bonds is 8. The van der Waals surface area contributed by atoms with E-state index in [9.17, 15) is 18.4 Å². The number of hydrogen-bond donors (Lipinski definition) is 1. The first kappa shape index (κ1) is 45.3. The van der Waals surface area contributed by atoms with E-state index in [1.54, 1.807) is 56.5 Å². The number of nitrogens with one attached hydrogen (secondary N) is 1. The molecule has 1 N–H and O–H groups in total. The van der Waals surface area contributed by atoms with Gasteiger partial charge >= 0.3 is 5.97 Å². The van der Waals surface area contributed by atoms with E-state index in [0.717, 1.165) is 15.7 Å². The molecule has 0 bridgehead atoms. The van der Waals surface area contributed by atoms with E-state index < -0.39 is 29.2 Å². The van der Waals surface area contributed by atoms with Crippen LogP contribution in [0.25, 0.3) is 22.5 Å². The molecular weight excluding hydrogens is 912 g/mol. The van der Waals surface area contributed by atoms with Crippen LogP contribution in [0.15, 0.2) is 67.1 Å². The lowest BCUT2D eigenvalue weighted by molar-refractivity contribution is 0.0593. The molecule has 0 fully saturated rings. The minimum absolute atomic E-state index is 0. The molecule has 6 aromatic rings. The molecule has 6 rings (SSSR count). The summed E-state index contributed by atoms with van der Waals surface area (Å²) in [6.07, 6.45) is 4.72. The molecule has 0 spiro atoms. The topological polar surface area (TPSA) is 157 Å². The Balaban J connectivity index is 0.000000245. The molecule has 20 heteroatoms. The molecule has 0 aliphatic heterocycles. The zero-order chi connectivity index (χ0) is 40.4. The highest BCUT2D eigenvalue weighted by atomic mass is 127. The largest absolute Gasteiger partial charge is 0.481 e. The number of para-hydroxylation sites is 1. The standard InChI is InChI=1S/C17H13ClF2N4O2.C12H12ClN3O3.C6H5ClINO.CH4/c1-24-14(9-8-21-15(26-2)6-10(9)18)7-13(23-24)17(25)22-16-11(19)4-3-5-12(16)20;1-16-10(5-9(15-16)12(17)19-3)7-6-14-11(18-2)4-8(7)13;1-10-6-2-4(7)5(8)3-9-6;/h3-8H,1-2H3,(H,22,25);4-6H,1-3H3;2-3H,1H3;1H4. The Hall–Kier alpha value is -5.11. The first-order chi connectivity index (χ1) is 26.2. The Morgan fingerprint density at radius 3 is 1.55 bits per heavy atom. The van der Waals surface area contributed by atoms with Crippen molar-refractivity contribution in [1.29, 1.82) is 0 Å². The van der Waals surface area contributed by atoms with Gasteiger partial charge in [-0.15, -0.1) is 0 Å². The van der Waals surface area contributed by atoms with E-state index in [0.29, 0.717) is 55.2 Å². The average Bonchev–Trinajstić information content (AvgIpc) is 3.76. The molecule has 296 valence electrons. The first-order valence-electron chi connectivity index (χ1n) is 15.4. The van der Waals surface area contributed by atoms with Gasteiger partial charge in [0.05, 0.1) is 58.5 Å². The van der Waals surface area contributed by atoms with Crippen LogP contribution in [0.1, 0.15) is 28.4 Å². The van der Waals surface area contributed by atoms with Crippen LogP contribution in [0.3, 0.4) is 0 Å². The van der Waals surface area contributed by atoms with Gasteiger partial charge in [-0.25, -0.2) is 28.5 Å². The quantitative estimate of drug-likeness (QED) is 0.115. The normalized spacial score (nSPS) is 10.1. The molecule has 0 radical (unpaired) electrons. The van der Waals surface area contributed by atoms with Gasteiger partial charge in [0.25, 0.3) is 5.91 Å². The number of aromatic nitrogens is 7. The third-order valence-electron chi connectivity index (χ3n) is 7.21. The zero-order valence-corrected chi connectivity index (χ0v) is 34.1. The third-order valence-corrected chi connectivity index (χ3v) is 9.32. The van der Waals surface area contributed by atoms with Gasteiger partial charge in [0.2, 0.25) is 17.6 Å². The number of nitrogens with zero attached hydrogens (tertiary/aromatic N) is 7. The molecule has 0 unspecified atom stereocenters. The highest BCUT2D eigenvalue weighted by molar-refractivity contribution is 14.1. The van der Waals surface area contributed by atoms with Gasteiger partial charge < -0.3 is 24.3 Å². The Kier molecular flexibility index (Phi) is 16.7. The number of ether oxygens (including phenoxy) is 4. The zero-order valence-electron chi connectivity index (χ0n) is 29.7. The van der Waals surface area contributed by atoms with Crippen molar-refractivity contribution in [2.24, 2.45) is 14.1 Å². The molecule has 56 heavy (non-hydrogen) atoms. The number of methoxy groups -OCH3 is 4. The summed E-state index contributed by atoms with van der Waals surface area (Å²) in [6.45, 7) is 0. The third kappa shape index (κ3) is 11.2. The molecule has 1 amide bonds. The number of carbonyl (C=O) groups excluding carboxylic acids is 2. The maximum Gasteiger partial charge on any atom is 0.358 e. The molecule has 0 atom stereocenters. The van der Waals surface area contributed by atoms with Gasteiger partial charge in [-0.2, -0.15) is 10.2 Å². The van der Waals surface area contributed by atoms with E-state index in [1.807, 2.05) is 0 Å². The number of aryl methyl sites for hydroxylation is 2. The summed E-state index contributed by atoms with van der Waals surface area (Å²) >= 11 is 20.2. The number of esters is 1. The van der Waals surface area contributed by atoms with Gasteiger partial charge in [0, 0.05) is 62.0 Å². The van der Waals surface area contributed by atoms with E-state index in [1.165, 1.54) is 50.4 Å². The summed E-state index contributed by atoms with van der Waals surface area (Å²) in [4.78, 5) is 35.8. The number of benzene rings is 1. The van der Waals surface area contributed by atoms with Crippen LogP contribution in [0, 0.1) is 15.2 Å². The van der Waals surface area contributed by atoms with Crippen LogP contribution in [-0.2, 0) is 18.8 Å². The number of halogens is 6. The fraction of sp³-hybridized carbons (Fsp3) is 0.194. The predicted molar refractivity (Wildman–Crippen MR) is 217 cm³/mol. The van der Waals surface area contributed by atoms with Gasteiger partial charge in [0.15, 0.2) is 11.4 Å². The lowest BCUT2D eigenvalue weighted by Gasteiger charge is -2.05. The second kappa shape index (κ2) is 20.7. The van der Waals surface area contributed by atoms with Gasteiger partial charge in [-0.3, -0.25) is 14.2 Å². The van der Waals surface area contributed by atoms with E-state index >= 15 is 0 Å². The molecular formula is C36H34Cl3F2IN8O6. The molecule has 5 heterocycles. The molecule has 0 saturated carbocycles. The summed E-state index contributed by atoms with van der Waals surface area (Å²) in [5.41, 5.74) is 2.01. The van der Waals surface area contributed by atoms with Crippen molar-refractivity contribution >= 4 is 75.0 Å². The van der Waals surface area contributed by atoms with Crippen LogP contribution >= 0.6 is 57.4 Å². The molecule has 0 aliphatic carbocycles. The van der Waals surface area contributed by atoms with Crippen molar-refractivity contribution in [3.63, 3.8) is 0 Å². The van der Waals surface area contributed by atoms with Crippen molar-refractivity contribution in [3.05, 3.63) is 109 Å². The maximum atomic E-state index is 13.7. The number of anilines is 1. The molecule has 5 aromatic heterocycles. The Bertz CT molecular complexity index is 2310. The summed E-state index contributed by atoms with van der Waals surface area (Å²) < 4.78 is 50.7. The number of amides is 1. The van der Waals surface area contributed by atoms with E-state index in [2.05, 4.69) is 57.8 Å². The minimum Gasteiger partial charge on any atom is -0.481 e. The maximum absolute atomic E-state index is 13.7. The predicted octanol–water partition coefficient (Wildman–Crippen LogP) is 8.59. The highest BCUT2D eigenvalue weighted by Crippen LogP contribution is 2.31.